The molecule has 2 saturated heterocycles. The summed E-state index contributed by atoms with van der Waals surface area (Å²) in [5, 5.41) is 41.8. The molecule has 4 saturated carbocycles. The summed E-state index contributed by atoms with van der Waals surface area (Å²) in [6.07, 6.45) is 6.52. The van der Waals surface area contributed by atoms with E-state index in [-0.39, 0.29) is 64.1 Å². The molecule has 8 nitrogen and oxygen atoms in total. The largest absolute Gasteiger partial charge is 0.396 e. The normalized spacial score (nSPS) is 58.7. The first-order chi connectivity index (χ1) is 20.0. The Morgan fingerprint density at radius 3 is 2.42 bits per heavy atom. The molecule has 7 rings (SSSR count). The lowest BCUT2D eigenvalue weighted by atomic mass is 9.32. The Balaban J connectivity index is 1.24. The van der Waals surface area contributed by atoms with E-state index in [4.69, 9.17) is 14.2 Å². The number of aliphatic hydroxyl groups excluding tert-OH is 4. The van der Waals surface area contributed by atoms with Gasteiger partial charge in [0, 0.05) is 23.2 Å². The fraction of sp³-hybridized carbons (Fsp3) is 0.914. The third-order valence-electron chi connectivity index (χ3n) is 15.2. The molecule has 7 aliphatic rings. The van der Waals surface area contributed by atoms with Gasteiger partial charge in [0.15, 0.2) is 6.29 Å². The maximum atomic E-state index is 14.3. The lowest BCUT2D eigenvalue weighted by Crippen LogP contribution is -2.72. The number of rotatable bonds is 3. The molecule has 5 aliphatic carbocycles. The monoisotopic (exact) mass is 602 g/mol. The smallest absolute Gasteiger partial charge is 0.186 e. The molecule has 0 aromatic carbocycles. The Labute approximate surface area is 256 Å². The van der Waals surface area contributed by atoms with Crippen molar-refractivity contribution in [3.8, 4) is 0 Å². The average molecular weight is 603 g/mol. The van der Waals surface area contributed by atoms with E-state index in [2.05, 4.69) is 53.7 Å². The predicted molar refractivity (Wildman–Crippen MR) is 159 cm³/mol. The molecular formula is C35H54O8. The summed E-state index contributed by atoms with van der Waals surface area (Å²) in [7, 11) is 0. The molecule has 0 radical (unpaired) electrons. The molecule has 1 spiro atoms. The molecule has 2 heterocycles. The second-order valence-corrected chi connectivity index (χ2v) is 17.5. The van der Waals surface area contributed by atoms with Crippen molar-refractivity contribution in [3.63, 3.8) is 0 Å². The van der Waals surface area contributed by atoms with Crippen LogP contribution in [0.5, 0.6) is 0 Å². The highest BCUT2D eigenvalue weighted by Gasteiger charge is 2.79. The Morgan fingerprint density at radius 1 is 0.953 bits per heavy atom. The van der Waals surface area contributed by atoms with Gasteiger partial charge in [0.05, 0.1) is 36.9 Å². The molecule has 0 amide bonds. The van der Waals surface area contributed by atoms with Gasteiger partial charge in [0.25, 0.3) is 0 Å². The molecule has 0 unspecified atom stereocenters. The van der Waals surface area contributed by atoms with Crippen molar-refractivity contribution in [3.05, 3.63) is 12.2 Å². The summed E-state index contributed by atoms with van der Waals surface area (Å²) in [4.78, 5) is 14.3. The van der Waals surface area contributed by atoms with Crippen LogP contribution in [0.15, 0.2) is 12.2 Å². The second kappa shape index (κ2) is 9.36. The Bertz CT molecular complexity index is 1200. The van der Waals surface area contributed by atoms with E-state index < -0.39 is 35.6 Å². The number of carbonyl (C=O) groups is 1. The van der Waals surface area contributed by atoms with Gasteiger partial charge >= 0.3 is 0 Å². The topological polar surface area (TPSA) is 126 Å². The summed E-state index contributed by atoms with van der Waals surface area (Å²) in [6.45, 7) is 14.4. The summed E-state index contributed by atoms with van der Waals surface area (Å²) in [5.74, 6) is 0.965. The number of Topliss-reactive ketones (excluding diaryl/α,β-unsaturated/α-hetero) is 1. The lowest BCUT2D eigenvalue weighted by Gasteiger charge is -2.72. The average Bonchev–Trinajstić information content (AvgIpc) is 3.22. The molecular weight excluding hydrogens is 548 g/mol. The quantitative estimate of drug-likeness (QED) is 0.284. The number of ether oxygens (including phenoxy) is 3. The van der Waals surface area contributed by atoms with E-state index in [9.17, 15) is 25.2 Å². The molecule has 242 valence electrons. The van der Waals surface area contributed by atoms with E-state index in [1.807, 2.05) is 0 Å². The van der Waals surface area contributed by atoms with Gasteiger partial charge in [-0.2, -0.15) is 0 Å². The van der Waals surface area contributed by atoms with Gasteiger partial charge < -0.3 is 34.6 Å². The maximum Gasteiger partial charge on any atom is 0.186 e. The van der Waals surface area contributed by atoms with Crippen molar-refractivity contribution < 1.29 is 39.4 Å². The van der Waals surface area contributed by atoms with Crippen LogP contribution >= 0.6 is 0 Å². The number of aliphatic hydroxyl groups is 4. The van der Waals surface area contributed by atoms with Crippen LogP contribution in [-0.2, 0) is 19.0 Å². The van der Waals surface area contributed by atoms with Crippen LogP contribution in [0.3, 0.4) is 0 Å². The first-order valence-corrected chi connectivity index (χ1v) is 16.8. The van der Waals surface area contributed by atoms with E-state index >= 15 is 0 Å². The van der Waals surface area contributed by atoms with Gasteiger partial charge in [-0.05, 0) is 73.0 Å². The Kier molecular flexibility index (Phi) is 6.70. The van der Waals surface area contributed by atoms with Gasteiger partial charge in [0.1, 0.15) is 24.1 Å². The third-order valence-corrected chi connectivity index (χ3v) is 15.2. The number of hydrogen-bond donors (Lipinski definition) is 4. The minimum Gasteiger partial charge on any atom is -0.396 e. The summed E-state index contributed by atoms with van der Waals surface area (Å²) in [6, 6.07) is 0. The van der Waals surface area contributed by atoms with Gasteiger partial charge in [0.2, 0.25) is 0 Å². The van der Waals surface area contributed by atoms with E-state index in [0.717, 1.165) is 38.5 Å². The van der Waals surface area contributed by atoms with Crippen molar-refractivity contribution in [2.24, 2.45) is 50.2 Å². The summed E-state index contributed by atoms with van der Waals surface area (Å²) in [5.41, 5.74) is -1.83. The highest BCUT2D eigenvalue weighted by Crippen LogP contribution is 2.78. The highest BCUT2D eigenvalue weighted by atomic mass is 16.7. The number of allylic oxidation sites excluding steroid dienone is 1. The molecule has 0 aromatic heterocycles. The van der Waals surface area contributed by atoms with Gasteiger partial charge in [-0.15, -0.1) is 0 Å². The SMILES string of the molecule is CC1(C)CC[C@]23CO[C@@]4(C=C[C@@H]5[C@@]6(C)CC[C@H](O[C@@H]7OC[C@H](O)[C@H](O)[C@H]7O)[C@@](C)(CO)[C@@H]6CC[C@@]5(C)[C@]4(C)CC2=O)[C@@H]3C1. The van der Waals surface area contributed by atoms with Crippen LogP contribution in [0.4, 0.5) is 0 Å². The molecule has 2 bridgehead atoms. The summed E-state index contributed by atoms with van der Waals surface area (Å²) >= 11 is 0. The van der Waals surface area contributed by atoms with Gasteiger partial charge in [-0.3, -0.25) is 4.79 Å². The van der Waals surface area contributed by atoms with Crippen molar-refractivity contribution in [2.75, 3.05) is 19.8 Å². The van der Waals surface area contributed by atoms with Crippen molar-refractivity contribution >= 4 is 5.78 Å². The van der Waals surface area contributed by atoms with Gasteiger partial charge in [-0.1, -0.05) is 53.7 Å². The van der Waals surface area contributed by atoms with Crippen LogP contribution in [0.1, 0.15) is 92.9 Å². The fourth-order valence-electron chi connectivity index (χ4n) is 12.3. The van der Waals surface area contributed by atoms with E-state index in [1.54, 1.807) is 0 Å². The molecule has 8 heteroatoms. The zero-order valence-electron chi connectivity index (χ0n) is 27.0. The minimum atomic E-state index is -1.36. The van der Waals surface area contributed by atoms with E-state index in [0.29, 0.717) is 25.2 Å². The van der Waals surface area contributed by atoms with Crippen LogP contribution in [0.2, 0.25) is 0 Å². The van der Waals surface area contributed by atoms with Crippen molar-refractivity contribution in [2.45, 2.75) is 129 Å². The Morgan fingerprint density at radius 2 is 1.70 bits per heavy atom. The highest BCUT2D eigenvalue weighted by molar-refractivity contribution is 5.89. The number of carbonyl (C=O) groups excluding carboxylic acids is 1. The standard InChI is InChI=1S/C35H54O8/c1-29(2)13-14-34-19-42-35(23(34)15-29)12-8-22-30(3)10-9-25(43-28-27(40)26(39)20(37)17-41-28)31(4,18-36)21(30)7-11-32(22,5)33(35,6)16-24(34)38/h8,12,20-23,25-28,36-37,39-40H,7,9-11,13-19H2,1-6H3/t20-,21+,22+,23+,25-,26-,27+,28-,30-,31-,32+,33-,34+,35-/m0/s1. The fourth-order valence-corrected chi connectivity index (χ4v) is 12.3. The number of ketones is 1. The lowest BCUT2D eigenvalue weighted by molar-refractivity contribution is -0.313. The van der Waals surface area contributed by atoms with E-state index in [1.165, 1.54) is 0 Å². The molecule has 4 N–H and O–H groups in total. The zero-order chi connectivity index (χ0) is 31.0. The Hall–Kier alpha value is -0.870. The zero-order valence-corrected chi connectivity index (χ0v) is 27.0. The van der Waals surface area contributed by atoms with Crippen molar-refractivity contribution in [1.82, 2.24) is 0 Å². The molecule has 2 aliphatic heterocycles. The van der Waals surface area contributed by atoms with Gasteiger partial charge in [-0.25, -0.2) is 0 Å². The number of hydrogen-bond acceptors (Lipinski definition) is 8. The second-order valence-electron chi connectivity index (χ2n) is 17.5. The molecule has 0 aromatic rings. The first kappa shape index (κ1) is 30.8. The van der Waals surface area contributed by atoms with Crippen molar-refractivity contribution in [1.29, 1.82) is 0 Å². The van der Waals surface area contributed by atoms with Crippen LogP contribution < -0.4 is 0 Å². The predicted octanol–water partition coefficient (Wildman–Crippen LogP) is 3.77. The molecule has 14 atom stereocenters. The number of fused-ring (bicyclic) bond motifs is 4. The van der Waals surface area contributed by atoms with Crippen LogP contribution in [0.25, 0.3) is 0 Å². The molecule has 43 heavy (non-hydrogen) atoms. The maximum absolute atomic E-state index is 14.3. The third kappa shape index (κ3) is 3.66. The molecule has 6 fully saturated rings. The minimum absolute atomic E-state index is 0.0679. The van der Waals surface area contributed by atoms with Crippen LogP contribution in [-0.4, -0.2) is 82.3 Å². The summed E-state index contributed by atoms with van der Waals surface area (Å²) < 4.78 is 19.0. The first-order valence-electron chi connectivity index (χ1n) is 16.8. The van der Waals surface area contributed by atoms with Crippen LogP contribution in [0, 0.1) is 50.2 Å².